The lowest BCUT2D eigenvalue weighted by atomic mass is 9.75. The van der Waals surface area contributed by atoms with Crippen LogP contribution in [0.15, 0.2) is 60.7 Å². The molecule has 0 spiro atoms. The zero-order chi connectivity index (χ0) is 28.0. The zero-order valence-electron chi connectivity index (χ0n) is 23.6. The van der Waals surface area contributed by atoms with Gasteiger partial charge < -0.3 is 14.6 Å². The summed E-state index contributed by atoms with van der Waals surface area (Å²) >= 11 is 0. The van der Waals surface area contributed by atoms with Crippen molar-refractivity contribution in [3.63, 3.8) is 0 Å². The number of carbonyl (C=O) groups is 1. The molecule has 4 nitrogen and oxygen atoms in total. The lowest BCUT2D eigenvalue weighted by molar-refractivity contribution is -0.137. The van der Waals surface area contributed by atoms with E-state index in [1.165, 1.54) is 25.3 Å². The van der Waals surface area contributed by atoms with E-state index in [2.05, 4.69) is 32.9 Å². The molecule has 0 saturated heterocycles. The molecule has 1 saturated carbocycles. The number of hydrogen-bond donors (Lipinski definition) is 1. The standard InChI is InChI=1S/C34H41FO4/c1-34(2,3)21-26-18-28(13-15-29(26)31-19-27(38-4)14-16-32(31)35)39-22-23-9-8-12-25(17-23)30(20-33(36)37)24-10-6-5-7-11-24/h8-9,12-19,24,30H,5-7,10-11,20-22H2,1-4H3,(H,36,37). The number of methoxy groups -OCH3 is 1. The summed E-state index contributed by atoms with van der Waals surface area (Å²) in [7, 11) is 1.58. The summed E-state index contributed by atoms with van der Waals surface area (Å²) in [5.41, 5.74) is 4.45. The van der Waals surface area contributed by atoms with E-state index >= 15 is 0 Å². The number of aliphatic carboxylic acids is 1. The van der Waals surface area contributed by atoms with Gasteiger partial charge in [0.15, 0.2) is 0 Å². The first-order chi connectivity index (χ1) is 18.6. The monoisotopic (exact) mass is 532 g/mol. The van der Waals surface area contributed by atoms with Gasteiger partial charge in [-0.25, -0.2) is 4.39 Å². The maximum Gasteiger partial charge on any atom is 0.303 e. The first-order valence-electron chi connectivity index (χ1n) is 14.0. The van der Waals surface area contributed by atoms with E-state index in [4.69, 9.17) is 9.47 Å². The lowest BCUT2D eigenvalue weighted by Crippen LogP contribution is -2.19. The van der Waals surface area contributed by atoms with Crippen LogP contribution in [0.4, 0.5) is 4.39 Å². The van der Waals surface area contributed by atoms with Crippen LogP contribution in [0.25, 0.3) is 11.1 Å². The van der Waals surface area contributed by atoms with Crippen LogP contribution in [0.5, 0.6) is 11.5 Å². The molecule has 1 aliphatic rings. The highest BCUT2D eigenvalue weighted by Crippen LogP contribution is 2.39. The van der Waals surface area contributed by atoms with E-state index in [1.54, 1.807) is 19.2 Å². The smallest absolute Gasteiger partial charge is 0.303 e. The van der Waals surface area contributed by atoms with Crippen molar-refractivity contribution in [1.29, 1.82) is 0 Å². The highest BCUT2D eigenvalue weighted by atomic mass is 19.1. The van der Waals surface area contributed by atoms with Crippen LogP contribution in [-0.2, 0) is 17.8 Å². The van der Waals surface area contributed by atoms with Crippen molar-refractivity contribution in [3.8, 4) is 22.6 Å². The summed E-state index contributed by atoms with van der Waals surface area (Å²) < 4.78 is 26.5. The fraction of sp³-hybridized carbons (Fsp3) is 0.441. The minimum absolute atomic E-state index is 0.00464. The Labute approximate surface area is 232 Å². The Morgan fingerprint density at radius 2 is 1.72 bits per heavy atom. The molecule has 0 radical (unpaired) electrons. The van der Waals surface area contributed by atoms with Crippen molar-refractivity contribution in [2.75, 3.05) is 7.11 Å². The molecule has 1 atom stereocenters. The quantitative estimate of drug-likeness (QED) is 0.283. The Morgan fingerprint density at radius 3 is 2.41 bits per heavy atom. The van der Waals surface area contributed by atoms with E-state index < -0.39 is 5.97 Å². The Morgan fingerprint density at radius 1 is 0.974 bits per heavy atom. The van der Waals surface area contributed by atoms with E-state index in [9.17, 15) is 14.3 Å². The van der Waals surface area contributed by atoms with Crippen molar-refractivity contribution < 1.29 is 23.8 Å². The number of ether oxygens (including phenoxy) is 2. The molecule has 1 N–H and O–H groups in total. The molecule has 0 bridgehead atoms. The fourth-order valence-electron chi connectivity index (χ4n) is 5.84. The van der Waals surface area contributed by atoms with E-state index in [-0.39, 0.29) is 23.6 Å². The number of carboxylic acids is 1. The van der Waals surface area contributed by atoms with Gasteiger partial charge in [-0.1, -0.05) is 70.4 Å². The van der Waals surface area contributed by atoms with Gasteiger partial charge in [-0.05, 0) is 89.1 Å². The summed E-state index contributed by atoms with van der Waals surface area (Å²) in [6.45, 7) is 6.87. The van der Waals surface area contributed by atoms with Crippen LogP contribution in [0.1, 0.15) is 81.9 Å². The number of hydrogen-bond acceptors (Lipinski definition) is 3. The number of halogens is 1. The minimum atomic E-state index is -0.744. The molecule has 0 aliphatic heterocycles. The molecule has 5 heteroatoms. The van der Waals surface area contributed by atoms with Gasteiger partial charge in [0.05, 0.1) is 13.5 Å². The largest absolute Gasteiger partial charge is 0.497 e. The predicted octanol–water partition coefficient (Wildman–Crippen LogP) is 8.81. The van der Waals surface area contributed by atoms with E-state index in [0.29, 0.717) is 23.8 Å². The normalized spacial score (nSPS) is 15.1. The van der Waals surface area contributed by atoms with Gasteiger partial charge in [-0.2, -0.15) is 0 Å². The van der Waals surface area contributed by atoms with Gasteiger partial charge in [0.2, 0.25) is 0 Å². The fourth-order valence-corrected chi connectivity index (χ4v) is 5.84. The Balaban J connectivity index is 1.57. The maximum atomic E-state index is 14.9. The van der Waals surface area contributed by atoms with Crippen molar-refractivity contribution in [2.45, 2.75) is 78.2 Å². The molecule has 3 aromatic carbocycles. The number of rotatable bonds is 10. The first kappa shape index (κ1) is 28.7. The summed E-state index contributed by atoms with van der Waals surface area (Å²) in [6.07, 6.45) is 6.69. The molecular weight excluding hydrogens is 491 g/mol. The molecule has 0 heterocycles. The van der Waals surface area contributed by atoms with Crippen molar-refractivity contribution in [2.24, 2.45) is 11.3 Å². The molecule has 208 valence electrons. The van der Waals surface area contributed by atoms with Gasteiger partial charge in [0.1, 0.15) is 23.9 Å². The van der Waals surface area contributed by atoms with Crippen molar-refractivity contribution in [1.82, 2.24) is 0 Å². The molecule has 39 heavy (non-hydrogen) atoms. The van der Waals surface area contributed by atoms with Gasteiger partial charge >= 0.3 is 5.97 Å². The SMILES string of the molecule is COc1ccc(F)c(-c2ccc(OCc3cccc(C(CC(=O)O)C4CCCCC4)c3)cc2CC(C)(C)C)c1. The molecule has 3 aromatic rings. The second-order valence-corrected chi connectivity index (χ2v) is 12.0. The first-order valence-corrected chi connectivity index (χ1v) is 14.0. The third-order valence-corrected chi connectivity index (χ3v) is 7.66. The van der Waals surface area contributed by atoms with Crippen molar-refractivity contribution in [3.05, 3.63) is 83.2 Å². The Hall–Kier alpha value is -3.34. The third kappa shape index (κ3) is 7.84. The average molecular weight is 533 g/mol. The molecule has 0 amide bonds. The van der Waals surface area contributed by atoms with Crippen LogP contribution in [0.3, 0.4) is 0 Å². The number of benzene rings is 3. The molecule has 1 unspecified atom stereocenters. The zero-order valence-corrected chi connectivity index (χ0v) is 23.6. The Bertz CT molecular complexity index is 1270. The second-order valence-electron chi connectivity index (χ2n) is 12.0. The highest BCUT2D eigenvalue weighted by Gasteiger charge is 2.27. The van der Waals surface area contributed by atoms with E-state index in [0.717, 1.165) is 47.3 Å². The van der Waals surface area contributed by atoms with Gasteiger partial charge in [-0.15, -0.1) is 0 Å². The summed E-state index contributed by atoms with van der Waals surface area (Å²) in [5.74, 6) is 0.744. The van der Waals surface area contributed by atoms with Gasteiger partial charge in [0, 0.05) is 5.56 Å². The average Bonchev–Trinajstić information content (AvgIpc) is 2.91. The lowest BCUT2D eigenvalue weighted by Gasteiger charge is -2.30. The van der Waals surface area contributed by atoms with E-state index in [1.807, 2.05) is 30.3 Å². The van der Waals surface area contributed by atoms with Crippen LogP contribution in [-0.4, -0.2) is 18.2 Å². The van der Waals surface area contributed by atoms with Crippen molar-refractivity contribution >= 4 is 5.97 Å². The van der Waals surface area contributed by atoms with Gasteiger partial charge in [0.25, 0.3) is 0 Å². The van der Waals surface area contributed by atoms with Crippen LogP contribution < -0.4 is 9.47 Å². The highest BCUT2D eigenvalue weighted by molar-refractivity contribution is 5.70. The summed E-state index contributed by atoms with van der Waals surface area (Å²) in [4.78, 5) is 11.7. The molecule has 0 aromatic heterocycles. The molecule has 1 aliphatic carbocycles. The summed E-state index contributed by atoms with van der Waals surface area (Å²) in [5, 5.41) is 9.60. The molecular formula is C34H41FO4. The summed E-state index contributed by atoms with van der Waals surface area (Å²) in [6, 6.07) is 18.8. The topological polar surface area (TPSA) is 55.8 Å². The predicted molar refractivity (Wildman–Crippen MR) is 154 cm³/mol. The minimum Gasteiger partial charge on any atom is -0.497 e. The maximum absolute atomic E-state index is 14.9. The Kier molecular flexibility index (Phi) is 9.32. The molecule has 1 fully saturated rings. The number of carboxylic acid groups (broad SMARTS) is 1. The molecule has 4 rings (SSSR count). The van der Waals surface area contributed by atoms with Crippen LogP contribution >= 0.6 is 0 Å². The van der Waals surface area contributed by atoms with Gasteiger partial charge in [-0.3, -0.25) is 4.79 Å². The second kappa shape index (κ2) is 12.7. The van der Waals surface area contributed by atoms with Crippen LogP contribution in [0.2, 0.25) is 0 Å². The van der Waals surface area contributed by atoms with Crippen LogP contribution in [0, 0.1) is 17.2 Å². The third-order valence-electron chi connectivity index (χ3n) is 7.66.